The highest BCUT2D eigenvalue weighted by molar-refractivity contribution is 7.98. The van der Waals surface area contributed by atoms with Crippen LogP contribution in [0.2, 0.25) is 0 Å². The number of carbonyl (C=O) groups excluding carboxylic acids is 1. The number of benzene rings is 1. The molecule has 1 N–H and O–H groups in total. The van der Waals surface area contributed by atoms with E-state index in [9.17, 15) is 14.9 Å². The van der Waals surface area contributed by atoms with Crippen LogP contribution in [-0.2, 0) is 0 Å². The van der Waals surface area contributed by atoms with Gasteiger partial charge in [0.25, 0.3) is 11.6 Å². The molecule has 1 aliphatic rings. The fraction of sp³-hybridized carbons (Fsp3) is 0.500. The molecule has 1 amide bonds. The average molecular weight is 294 g/mol. The summed E-state index contributed by atoms with van der Waals surface area (Å²) in [4.78, 5) is 23.3. The highest BCUT2D eigenvalue weighted by Crippen LogP contribution is 2.28. The minimum atomic E-state index is -0.441. The highest BCUT2D eigenvalue weighted by atomic mass is 32.2. The second-order valence-electron chi connectivity index (χ2n) is 4.95. The van der Waals surface area contributed by atoms with Crippen molar-refractivity contribution in [3.8, 4) is 0 Å². The number of nitrogens with one attached hydrogen (secondary N) is 1. The summed E-state index contributed by atoms with van der Waals surface area (Å²) in [5, 5.41) is 14.0. The Hall–Kier alpha value is -1.56. The minimum absolute atomic E-state index is 0.00575. The van der Waals surface area contributed by atoms with Crippen LogP contribution in [-0.4, -0.2) is 23.1 Å². The fourth-order valence-corrected chi connectivity index (χ4v) is 3.04. The third-order valence-electron chi connectivity index (χ3n) is 3.58. The van der Waals surface area contributed by atoms with Gasteiger partial charge in [-0.25, -0.2) is 0 Å². The van der Waals surface area contributed by atoms with E-state index in [1.807, 2.05) is 0 Å². The SMILES string of the molecule is CSc1ccc(C(=O)NC2CCCCC2)cc1[N+](=O)[O-]. The second-order valence-corrected chi connectivity index (χ2v) is 5.80. The van der Waals surface area contributed by atoms with Gasteiger partial charge in [0, 0.05) is 17.7 Å². The van der Waals surface area contributed by atoms with Crippen molar-refractivity contribution >= 4 is 23.4 Å². The molecule has 0 heterocycles. The van der Waals surface area contributed by atoms with E-state index in [-0.39, 0.29) is 17.6 Å². The molecular formula is C14H18N2O3S. The minimum Gasteiger partial charge on any atom is -0.349 e. The molecule has 1 saturated carbocycles. The zero-order chi connectivity index (χ0) is 14.5. The molecule has 0 saturated heterocycles. The Morgan fingerprint density at radius 2 is 2.05 bits per heavy atom. The van der Waals surface area contributed by atoms with E-state index in [2.05, 4.69) is 5.32 Å². The van der Waals surface area contributed by atoms with E-state index >= 15 is 0 Å². The van der Waals surface area contributed by atoms with Gasteiger partial charge in [0.2, 0.25) is 0 Å². The maximum Gasteiger partial charge on any atom is 0.283 e. The van der Waals surface area contributed by atoms with Crippen molar-refractivity contribution in [3.63, 3.8) is 0 Å². The number of nitrogens with zero attached hydrogens (tertiary/aromatic N) is 1. The molecule has 0 spiro atoms. The highest BCUT2D eigenvalue weighted by Gasteiger charge is 2.20. The van der Waals surface area contributed by atoms with Gasteiger partial charge in [0.05, 0.1) is 9.82 Å². The second kappa shape index (κ2) is 6.74. The van der Waals surface area contributed by atoms with E-state index in [0.29, 0.717) is 10.5 Å². The number of hydrogen-bond donors (Lipinski definition) is 1. The molecule has 1 aromatic rings. The summed E-state index contributed by atoms with van der Waals surface area (Å²) in [7, 11) is 0. The Morgan fingerprint density at radius 1 is 1.35 bits per heavy atom. The lowest BCUT2D eigenvalue weighted by Crippen LogP contribution is -2.36. The Labute approximate surface area is 122 Å². The topological polar surface area (TPSA) is 72.2 Å². The molecule has 0 aliphatic heterocycles. The van der Waals surface area contributed by atoms with Crippen molar-refractivity contribution in [3.05, 3.63) is 33.9 Å². The third-order valence-corrected chi connectivity index (χ3v) is 4.36. The predicted octanol–water partition coefficient (Wildman–Crippen LogP) is 3.38. The number of amides is 1. The molecule has 1 aromatic carbocycles. The lowest BCUT2D eigenvalue weighted by Gasteiger charge is -2.22. The van der Waals surface area contributed by atoms with Crippen LogP contribution < -0.4 is 5.32 Å². The molecule has 5 nitrogen and oxygen atoms in total. The molecular weight excluding hydrogens is 276 g/mol. The first kappa shape index (κ1) is 14.8. The van der Waals surface area contributed by atoms with Crippen LogP contribution in [0.15, 0.2) is 23.1 Å². The van der Waals surface area contributed by atoms with Crippen molar-refractivity contribution in [2.75, 3.05) is 6.26 Å². The predicted molar refractivity (Wildman–Crippen MR) is 79.2 cm³/mol. The van der Waals surface area contributed by atoms with Crippen LogP contribution in [0, 0.1) is 10.1 Å². The van der Waals surface area contributed by atoms with E-state index in [1.165, 1.54) is 24.2 Å². The molecule has 0 bridgehead atoms. The quantitative estimate of drug-likeness (QED) is 0.525. The van der Waals surface area contributed by atoms with Crippen molar-refractivity contribution in [2.45, 2.75) is 43.0 Å². The summed E-state index contributed by atoms with van der Waals surface area (Å²) in [6.45, 7) is 0. The fourth-order valence-electron chi connectivity index (χ4n) is 2.49. The Bertz CT molecular complexity index is 513. The first-order valence-electron chi connectivity index (χ1n) is 6.75. The van der Waals surface area contributed by atoms with E-state index in [0.717, 1.165) is 25.7 Å². The molecule has 1 aliphatic carbocycles. The number of carbonyl (C=O) groups is 1. The Morgan fingerprint density at radius 3 is 2.65 bits per heavy atom. The van der Waals surface area contributed by atoms with Crippen LogP contribution in [0.1, 0.15) is 42.5 Å². The maximum atomic E-state index is 12.1. The van der Waals surface area contributed by atoms with Gasteiger partial charge in [-0.05, 0) is 31.2 Å². The Balaban J connectivity index is 2.13. The standard InChI is InChI=1S/C14H18N2O3S/c1-20-13-8-7-10(9-12(13)16(18)19)14(17)15-11-5-3-2-4-6-11/h7-9,11H,2-6H2,1H3,(H,15,17). The number of thioether (sulfide) groups is 1. The number of rotatable bonds is 4. The summed E-state index contributed by atoms with van der Waals surface area (Å²) >= 11 is 1.31. The molecule has 0 aromatic heterocycles. The first-order chi connectivity index (χ1) is 9.61. The zero-order valence-corrected chi connectivity index (χ0v) is 12.2. The van der Waals surface area contributed by atoms with Gasteiger partial charge in [-0.15, -0.1) is 11.8 Å². The molecule has 0 unspecified atom stereocenters. The van der Waals surface area contributed by atoms with Crippen molar-refractivity contribution in [1.29, 1.82) is 0 Å². The van der Waals surface area contributed by atoms with Crippen LogP contribution in [0.5, 0.6) is 0 Å². The van der Waals surface area contributed by atoms with Crippen LogP contribution in [0.3, 0.4) is 0 Å². The first-order valence-corrected chi connectivity index (χ1v) is 7.97. The summed E-state index contributed by atoms with van der Waals surface area (Å²) in [6, 6.07) is 4.86. The number of nitro groups is 1. The lowest BCUT2D eigenvalue weighted by atomic mass is 9.95. The molecule has 2 rings (SSSR count). The smallest absolute Gasteiger partial charge is 0.283 e. The monoisotopic (exact) mass is 294 g/mol. The lowest BCUT2D eigenvalue weighted by molar-refractivity contribution is -0.387. The van der Waals surface area contributed by atoms with Crippen molar-refractivity contribution < 1.29 is 9.72 Å². The van der Waals surface area contributed by atoms with Gasteiger partial charge in [-0.3, -0.25) is 14.9 Å². The Kier molecular flexibility index (Phi) is 5.00. The summed E-state index contributed by atoms with van der Waals surface area (Å²) < 4.78 is 0. The molecule has 0 radical (unpaired) electrons. The van der Waals surface area contributed by atoms with E-state index in [1.54, 1.807) is 18.4 Å². The normalized spacial score (nSPS) is 15.8. The van der Waals surface area contributed by atoms with Gasteiger partial charge in [0.15, 0.2) is 0 Å². The third kappa shape index (κ3) is 3.50. The number of hydrogen-bond acceptors (Lipinski definition) is 4. The van der Waals surface area contributed by atoms with Crippen LogP contribution >= 0.6 is 11.8 Å². The maximum absolute atomic E-state index is 12.1. The van der Waals surface area contributed by atoms with Gasteiger partial charge in [0.1, 0.15) is 0 Å². The van der Waals surface area contributed by atoms with Gasteiger partial charge >= 0.3 is 0 Å². The summed E-state index contributed by atoms with van der Waals surface area (Å²) in [6.07, 6.45) is 7.27. The molecule has 0 atom stereocenters. The zero-order valence-electron chi connectivity index (χ0n) is 11.4. The molecule has 108 valence electrons. The van der Waals surface area contributed by atoms with Crippen molar-refractivity contribution in [1.82, 2.24) is 5.32 Å². The van der Waals surface area contributed by atoms with Crippen molar-refractivity contribution in [2.24, 2.45) is 0 Å². The van der Waals surface area contributed by atoms with E-state index in [4.69, 9.17) is 0 Å². The van der Waals surface area contributed by atoms with Crippen LogP contribution in [0.4, 0.5) is 5.69 Å². The van der Waals surface area contributed by atoms with Gasteiger partial charge in [-0.1, -0.05) is 19.3 Å². The largest absolute Gasteiger partial charge is 0.349 e. The molecule has 6 heteroatoms. The average Bonchev–Trinajstić information content (AvgIpc) is 2.47. The van der Waals surface area contributed by atoms with Gasteiger partial charge in [-0.2, -0.15) is 0 Å². The summed E-state index contributed by atoms with van der Waals surface area (Å²) in [5.41, 5.74) is 0.355. The van der Waals surface area contributed by atoms with Gasteiger partial charge < -0.3 is 5.32 Å². The molecule has 20 heavy (non-hydrogen) atoms. The van der Waals surface area contributed by atoms with E-state index < -0.39 is 4.92 Å². The number of nitro benzene ring substituents is 1. The van der Waals surface area contributed by atoms with Crippen LogP contribution in [0.25, 0.3) is 0 Å². The summed E-state index contributed by atoms with van der Waals surface area (Å²) in [5.74, 6) is -0.215. The molecule has 1 fully saturated rings.